The van der Waals surface area contributed by atoms with Crippen LogP contribution < -0.4 is 4.74 Å². The zero-order valence-electron chi connectivity index (χ0n) is 10.6. The van der Waals surface area contributed by atoms with Gasteiger partial charge in [0.2, 0.25) is 0 Å². The van der Waals surface area contributed by atoms with Crippen LogP contribution in [0.15, 0.2) is 18.2 Å². The van der Waals surface area contributed by atoms with Crippen molar-refractivity contribution in [2.75, 3.05) is 12.9 Å². The van der Waals surface area contributed by atoms with E-state index in [4.69, 9.17) is 4.74 Å². The Bertz CT molecular complexity index is 545. The highest BCUT2D eigenvalue weighted by Crippen LogP contribution is 2.23. The monoisotopic (exact) mass is 279 g/mol. The molecule has 0 N–H and O–H groups in total. The van der Waals surface area contributed by atoms with Crippen molar-refractivity contribution in [1.29, 1.82) is 0 Å². The molecule has 0 aliphatic rings. The highest BCUT2D eigenvalue weighted by Gasteiger charge is 2.12. The van der Waals surface area contributed by atoms with Crippen LogP contribution in [0.1, 0.15) is 18.9 Å². The standard InChI is InChI=1S/C13H13NO4S/c1-10(15)19-8-4-3-5-11-9-12(18-2)6-7-13(11)14(16)17/h6-7,9H,4,8H2,1-2H3. The fourth-order valence-electron chi connectivity index (χ4n) is 1.30. The molecule has 6 heteroatoms. The van der Waals surface area contributed by atoms with Crippen LogP contribution in [0.5, 0.6) is 5.75 Å². The van der Waals surface area contributed by atoms with Crippen molar-refractivity contribution in [1.82, 2.24) is 0 Å². The van der Waals surface area contributed by atoms with E-state index in [2.05, 4.69) is 11.8 Å². The van der Waals surface area contributed by atoms with Crippen molar-refractivity contribution in [2.24, 2.45) is 0 Å². The average molecular weight is 279 g/mol. The van der Waals surface area contributed by atoms with E-state index in [0.29, 0.717) is 23.5 Å². The number of nitro groups is 1. The predicted molar refractivity (Wildman–Crippen MR) is 74.3 cm³/mol. The van der Waals surface area contributed by atoms with Crippen LogP contribution in [0.25, 0.3) is 0 Å². The van der Waals surface area contributed by atoms with E-state index >= 15 is 0 Å². The Balaban J connectivity index is 2.83. The summed E-state index contributed by atoms with van der Waals surface area (Å²) in [7, 11) is 1.49. The number of ether oxygens (including phenoxy) is 1. The first-order chi connectivity index (χ1) is 9.04. The van der Waals surface area contributed by atoms with Crippen LogP contribution >= 0.6 is 11.8 Å². The molecule has 0 unspecified atom stereocenters. The molecule has 0 aromatic heterocycles. The fourth-order valence-corrected chi connectivity index (χ4v) is 1.80. The summed E-state index contributed by atoms with van der Waals surface area (Å²) in [4.78, 5) is 21.1. The van der Waals surface area contributed by atoms with Crippen molar-refractivity contribution in [2.45, 2.75) is 13.3 Å². The smallest absolute Gasteiger partial charge is 0.285 e. The summed E-state index contributed by atoms with van der Waals surface area (Å²) in [5.41, 5.74) is 0.268. The maximum Gasteiger partial charge on any atom is 0.285 e. The number of hydrogen-bond donors (Lipinski definition) is 0. The molecule has 0 aliphatic carbocycles. The Kier molecular flexibility index (Phi) is 5.90. The van der Waals surface area contributed by atoms with Gasteiger partial charge >= 0.3 is 0 Å². The van der Waals surface area contributed by atoms with Crippen molar-refractivity contribution in [3.63, 3.8) is 0 Å². The Labute approximate surface area is 115 Å². The zero-order chi connectivity index (χ0) is 14.3. The molecule has 19 heavy (non-hydrogen) atoms. The molecule has 0 radical (unpaired) electrons. The minimum Gasteiger partial charge on any atom is -0.497 e. The molecule has 0 atom stereocenters. The average Bonchev–Trinajstić information content (AvgIpc) is 2.37. The van der Waals surface area contributed by atoms with Crippen LogP contribution in [-0.4, -0.2) is 22.9 Å². The van der Waals surface area contributed by atoms with Crippen LogP contribution in [0.4, 0.5) is 5.69 Å². The number of hydrogen-bond acceptors (Lipinski definition) is 5. The van der Waals surface area contributed by atoms with Crippen molar-refractivity contribution in [3.8, 4) is 17.6 Å². The highest BCUT2D eigenvalue weighted by atomic mass is 32.2. The zero-order valence-corrected chi connectivity index (χ0v) is 11.5. The molecule has 0 bridgehead atoms. The summed E-state index contributed by atoms with van der Waals surface area (Å²) in [5.74, 6) is 6.67. The van der Waals surface area contributed by atoms with E-state index in [1.54, 1.807) is 0 Å². The molecule has 0 aliphatic heterocycles. The van der Waals surface area contributed by atoms with Crippen molar-refractivity contribution < 1.29 is 14.5 Å². The van der Waals surface area contributed by atoms with E-state index in [9.17, 15) is 14.9 Å². The van der Waals surface area contributed by atoms with Gasteiger partial charge in [0.25, 0.3) is 5.69 Å². The van der Waals surface area contributed by atoms with Gasteiger partial charge in [-0.3, -0.25) is 14.9 Å². The summed E-state index contributed by atoms with van der Waals surface area (Å²) in [6.45, 7) is 1.49. The van der Waals surface area contributed by atoms with Crippen molar-refractivity contribution >= 4 is 22.6 Å². The van der Waals surface area contributed by atoms with Gasteiger partial charge in [-0.05, 0) is 6.07 Å². The number of carbonyl (C=O) groups excluding carboxylic acids is 1. The molecule has 0 saturated heterocycles. The molecule has 5 nitrogen and oxygen atoms in total. The molecule has 0 spiro atoms. The second-order valence-electron chi connectivity index (χ2n) is 3.53. The summed E-state index contributed by atoms with van der Waals surface area (Å²) >= 11 is 1.18. The van der Waals surface area contributed by atoms with E-state index < -0.39 is 4.92 Å². The third-order valence-corrected chi connectivity index (χ3v) is 2.97. The number of nitrogens with zero attached hydrogens (tertiary/aromatic N) is 1. The van der Waals surface area contributed by atoms with Crippen LogP contribution in [-0.2, 0) is 4.79 Å². The Morgan fingerprint density at radius 3 is 2.84 bits per heavy atom. The highest BCUT2D eigenvalue weighted by molar-refractivity contribution is 8.13. The number of thioether (sulfide) groups is 1. The molecule has 0 heterocycles. The minimum absolute atomic E-state index is 0.0363. The largest absolute Gasteiger partial charge is 0.497 e. The van der Waals surface area contributed by atoms with Crippen LogP contribution in [0.3, 0.4) is 0 Å². The molecule has 0 amide bonds. The molecule has 1 aromatic rings. The van der Waals surface area contributed by atoms with E-state index in [1.807, 2.05) is 0 Å². The fraction of sp³-hybridized carbons (Fsp3) is 0.308. The Morgan fingerprint density at radius 2 is 2.26 bits per heavy atom. The number of benzene rings is 1. The van der Waals surface area contributed by atoms with Gasteiger partial charge < -0.3 is 4.74 Å². The van der Waals surface area contributed by atoms with Gasteiger partial charge in [-0.15, -0.1) is 0 Å². The quantitative estimate of drug-likeness (QED) is 0.367. The molecule has 1 rings (SSSR count). The lowest BCUT2D eigenvalue weighted by Crippen LogP contribution is -1.93. The molecule has 0 saturated carbocycles. The van der Waals surface area contributed by atoms with Gasteiger partial charge in [-0.1, -0.05) is 23.6 Å². The number of nitro benzene ring substituents is 1. The summed E-state index contributed by atoms with van der Waals surface area (Å²) in [6, 6.07) is 4.42. The van der Waals surface area contributed by atoms with Gasteiger partial charge in [-0.2, -0.15) is 0 Å². The summed E-state index contributed by atoms with van der Waals surface area (Å²) in [5, 5.41) is 10.9. The first-order valence-electron chi connectivity index (χ1n) is 5.49. The molecule has 0 fully saturated rings. The van der Waals surface area contributed by atoms with E-state index in [0.717, 1.165) is 0 Å². The van der Waals surface area contributed by atoms with E-state index in [-0.39, 0.29) is 10.8 Å². The number of rotatable bonds is 4. The lowest BCUT2D eigenvalue weighted by atomic mass is 10.1. The Hall–Kier alpha value is -2.00. The SMILES string of the molecule is COc1ccc([N+](=O)[O-])c(C#CCCSC(C)=O)c1. The predicted octanol–water partition coefficient (Wildman–Crippen LogP) is 2.62. The van der Waals surface area contributed by atoms with Gasteiger partial charge in [-0.25, -0.2) is 0 Å². The Morgan fingerprint density at radius 1 is 1.53 bits per heavy atom. The molecule has 1 aromatic carbocycles. The molecular formula is C13H13NO4S. The molecular weight excluding hydrogens is 266 g/mol. The summed E-state index contributed by atoms with van der Waals surface area (Å²) in [6.07, 6.45) is 0.499. The second-order valence-corrected chi connectivity index (χ2v) is 4.80. The third-order valence-electron chi connectivity index (χ3n) is 2.16. The topological polar surface area (TPSA) is 69.4 Å². The maximum absolute atomic E-state index is 10.8. The van der Waals surface area contributed by atoms with Gasteiger partial charge in [0.1, 0.15) is 11.3 Å². The van der Waals surface area contributed by atoms with Gasteiger partial charge in [0.15, 0.2) is 5.12 Å². The number of methoxy groups -OCH3 is 1. The lowest BCUT2D eigenvalue weighted by Gasteiger charge is -2.00. The maximum atomic E-state index is 10.8. The van der Waals surface area contributed by atoms with Crippen LogP contribution in [0, 0.1) is 22.0 Å². The van der Waals surface area contributed by atoms with Crippen molar-refractivity contribution in [3.05, 3.63) is 33.9 Å². The first kappa shape index (κ1) is 15.1. The molecule has 100 valence electrons. The minimum atomic E-state index is -0.478. The van der Waals surface area contributed by atoms with Gasteiger partial charge in [0.05, 0.1) is 12.0 Å². The first-order valence-corrected chi connectivity index (χ1v) is 6.48. The van der Waals surface area contributed by atoms with E-state index in [1.165, 1.54) is 44.0 Å². The van der Waals surface area contributed by atoms with Gasteiger partial charge in [0, 0.05) is 31.2 Å². The number of carbonyl (C=O) groups is 1. The lowest BCUT2D eigenvalue weighted by molar-refractivity contribution is -0.385. The van der Waals surface area contributed by atoms with Crippen LogP contribution in [0.2, 0.25) is 0 Å². The third kappa shape index (κ3) is 5.02. The second kappa shape index (κ2) is 7.44. The summed E-state index contributed by atoms with van der Waals surface area (Å²) < 4.78 is 5.01. The normalized spacial score (nSPS) is 9.37.